The molecule has 1 aromatic rings. The number of carbonyl (C=O) groups excluding carboxylic acids is 2. The molecule has 0 aliphatic carbocycles. The molecule has 2 aliphatic rings. The Morgan fingerprint density at radius 2 is 2.06 bits per heavy atom. The van der Waals surface area contributed by atoms with Crippen LogP contribution in [0.25, 0.3) is 6.08 Å². The third kappa shape index (κ3) is 5.47. The molecule has 0 spiro atoms. The van der Waals surface area contributed by atoms with Gasteiger partial charge < -0.3 is 14.7 Å². The number of anilines is 1. The molecule has 0 radical (unpaired) electrons. The number of nitriles is 1. The van der Waals surface area contributed by atoms with Crippen LogP contribution in [-0.2, 0) is 25.7 Å². The number of rotatable bonds is 8. The van der Waals surface area contributed by atoms with Crippen molar-refractivity contribution in [1.29, 1.82) is 5.26 Å². The van der Waals surface area contributed by atoms with Gasteiger partial charge in [-0.15, -0.1) is 0 Å². The molecule has 1 N–H and O–H groups in total. The minimum absolute atomic E-state index is 0.0292. The Balaban J connectivity index is 2.20. The molecule has 12 heteroatoms. The van der Waals surface area contributed by atoms with Gasteiger partial charge in [-0.05, 0) is 44.7 Å². The van der Waals surface area contributed by atoms with Gasteiger partial charge in [0, 0.05) is 25.2 Å². The fourth-order valence-electron chi connectivity index (χ4n) is 4.44. The lowest BCUT2D eigenvalue weighted by molar-refractivity contribution is -0.148. The Bertz CT molecular complexity index is 1230. The number of nitrogens with zero attached hydrogens (tertiary/aromatic N) is 4. The molecule has 3 rings (SSSR count). The van der Waals surface area contributed by atoms with Gasteiger partial charge in [-0.2, -0.15) is 5.26 Å². The van der Waals surface area contributed by atoms with Crippen LogP contribution in [0.1, 0.15) is 49.8 Å². The minimum Gasteiger partial charge on any atom is -0.480 e. The lowest BCUT2D eigenvalue weighted by atomic mass is 9.96. The van der Waals surface area contributed by atoms with Crippen molar-refractivity contribution in [3.8, 4) is 6.07 Å². The van der Waals surface area contributed by atoms with Gasteiger partial charge >= 0.3 is 11.9 Å². The average molecular weight is 533 g/mol. The molecule has 0 aromatic carbocycles. The topological polar surface area (TPSA) is 133 Å². The Morgan fingerprint density at radius 3 is 2.67 bits per heavy atom. The molecule has 1 atom stereocenters. The van der Waals surface area contributed by atoms with Gasteiger partial charge in [0.15, 0.2) is 0 Å². The number of amides is 1. The van der Waals surface area contributed by atoms with Gasteiger partial charge in [0.05, 0.1) is 17.4 Å². The van der Waals surface area contributed by atoms with Crippen molar-refractivity contribution in [2.45, 2.75) is 46.6 Å². The smallest absolute Gasteiger partial charge is 0.323 e. The number of piperidine rings is 1. The Kier molecular flexibility index (Phi) is 8.92. The molecule has 192 valence electrons. The van der Waals surface area contributed by atoms with E-state index in [0.717, 1.165) is 16.7 Å². The number of carboxylic acid groups (broad SMARTS) is 1. The zero-order chi connectivity index (χ0) is 26.6. The first-order valence-corrected chi connectivity index (χ1v) is 12.9. The third-order valence-corrected chi connectivity index (χ3v) is 7.45. The molecule has 10 nitrogen and oxygen atoms in total. The number of hydrogen-bond donors (Lipinski definition) is 1. The number of carboxylic acids is 1. The summed E-state index contributed by atoms with van der Waals surface area (Å²) in [5.74, 6) is -1.89. The molecule has 0 saturated carbocycles. The van der Waals surface area contributed by atoms with E-state index in [9.17, 15) is 24.4 Å². The zero-order valence-corrected chi connectivity index (χ0v) is 22.0. The maximum Gasteiger partial charge on any atom is 0.323 e. The Labute approximate surface area is 218 Å². The molecule has 2 saturated heterocycles. The molecular weight excluding hydrogens is 504 g/mol. The number of ether oxygens (including phenoxy) is 1. The second-order valence-corrected chi connectivity index (χ2v) is 10.2. The SMILES string of the molecule is CCCn1c(N2CCCC(C(=O)OCC)C2)c(/C=C2\SC(=S)N(CC(=O)O)C2=O)c(C)c(C#N)c1=O. The highest BCUT2D eigenvalue weighted by atomic mass is 32.2. The van der Waals surface area contributed by atoms with Gasteiger partial charge in [-0.25, -0.2) is 0 Å². The first-order valence-electron chi connectivity index (χ1n) is 11.7. The predicted octanol–water partition coefficient (Wildman–Crippen LogP) is 2.50. The van der Waals surface area contributed by atoms with Crippen molar-refractivity contribution >= 4 is 58.0 Å². The fraction of sp³-hybridized carbons (Fsp3) is 0.500. The van der Waals surface area contributed by atoms with Crippen LogP contribution >= 0.6 is 24.0 Å². The largest absolute Gasteiger partial charge is 0.480 e. The van der Waals surface area contributed by atoms with Gasteiger partial charge in [-0.1, -0.05) is 30.9 Å². The summed E-state index contributed by atoms with van der Waals surface area (Å²) in [6, 6.07) is 2.00. The zero-order valence-electron chi connectivity index (χ0n) is 20.4. The summed E-state index contributed by atoms with van der Waals surface area (Å²) >= 11 is 6.19. The Hall–Kier alpha value is -3.17. The van der Waals surface area contributed by atoms with Crippen LogP contribution in [0.15, 0.2) is 9.70 Å². The number of hydrogen-bond acceptors (Lipinski definition) is 9. The van der Waals surface area contributed by atoms with Crippen LogP contribution in [0.2, 0.25) is 0 Å². The van der Waals surface area contributed by atoms with Crippen molar-refractivity contribution in [2.75, 3.05) is 31.1 Å². The molecule has 0 bridgehead atoms. The molecule has 2 fully saturated rings. The van der Waals surface area contributed by atoms with E-state index >= 15 is 0 Å². The maximum absolute atomic E-state index is 13.3. The summed E-state index contributed by atoms with van der Waals surface area (Å²) < 4.78 is 6.88. The van der Waals surface area contributed by atoms with Crippen molar-refractivity contribution in [3.63, 3.8) is 0 Å². The van der Waals surface area contributed by atoms with Gasteiger partial charge in [0.25, 0.3) is 11.5 Å². The third-order valence-electron chi connectivity index (χ3n) is 6.08. The number of aromatic nitrogens is 1. The summed E-state index contributed by atoms with van der Waals surface area (Å²) in [7, 11) is 0. The van der Waals surface area contributed by atoms with Crippen molar-refractivity contribution in [1.82, 2.24) is 9.47 Å². The first kappa shape index (κ1) is 27.4. The normalized spacial score (nSPS) is 19.1. The predicted molar refractivity (Wildman–Crippen MR) is 140 cm³/mol. The summed E-state index contributed by atoms with van der Waals surface area (Å²) in [4.78, 5) is 53.1. The van der Waals surface area contributed by atoms with E-state index in [1.165, 1.54) is 4.57 Å². The van der Waals surface area contributed by atoms with E-state index in [4.69, 9.17) is 22.1 Å². The minimum atomic E-state index is -1.19. The number of thioether (sulfide) groups is 1. The Morgan fingerprint density at radius 1 is 1.33 bits per heavy atom. The van der Waals surface area contributed by atoms with E-state index in [1.54, 1.807) is 19.9 Å². The van der Waals surface area contributed by atoms with Gasteiger partial charge in [0.2, 0.25) is 0 Å². The highest BCUT2D eigenvalue weighted by Crippen LogP contribution is 2.37. The van der Waals surface area contributed by atoms with E-state index in [0.29, 0.717) is 55.8 Å². The average Bonchev–Trinajstić information content (AvgIpc) is 3.09. The number of esters is 1. The number of carbonyl (C=O) groups is 3. The lowest BCUT2D eigenvalue weighted by Gasteiger charge is -2.36. The van der Waals surface area contributed by atoms with Crippen molar-refractivity contribution in [3.05, 3.63) is 31.9 Å². The summed E-state index contributed by atoms with van der Waals surface area (Å²) in [5, 5.41) is 18.9. The van der Waals surface area contributed by atoms with Crippen molar-refractivity contribution < 1.29 is 24.2 Å². The molecule has 2 aliphatic heterocycles. The van der Waals surface area contributed by atoms with Crippen LogP contribution in [0.5, 0.6) is 0 Å². The van der Waals surface area contributed by atoms with Crippen LogP contribution in [0.3, 0.4) is 0 Å². The first-order chi connectivity index (χ1) is 17.1. The standard InChI is InChI=1S/C24H28N4O6S2/c1-4-8-27-20(26-9-6-7-15(12-26)23(33)34-5-2)16(14(3)17(11-25)21(27)31)10-18-22(32)28(13-19(29)30)24(35)36-18/h10,15H,4-9,12-13H2,1-3H3,(H,29,30)/b18-10-. The number of thiocarbonyl (C=S) groups is 1. The van der Waals surface area contributed by atoms with Gasteiger partial charge in [0.1, 0.15) is 28.3 Å². The maximum atomic E-state index is 13.3. The van der Waals surface area contributed by atoms with Gasteiger partial charge in [-0.3, -0.25) is 28.6 Å². The van der Waals surface area contributed by atoms with Crippen LogP contribution in [0.4, 0.5) is 5.82 Å². The summed E-state index contributed by atoms with van der Waals surface area (Å²) in [6.07, 6.45) is 3.55. The number of pyridine rings is 1. The quantitative estimate of drug-likeness (QED) is 0.302. The molecule has 3 heterocycles. The summed E-state index contributed by atoms with van der Waals surface area (Å²) in [6.45, 7) is 6.27. The van der Waals surface area contributed by atoms with Crippen LogP contribution in [0, 0.1) is 24.2 Å². The van der Waals surface area contributed by atoms with E-state index in [-0.39, 0.29) is 33.3 Å². The van der Waals surface area contributed by atoms with E-state index in [2.05, 4.69) is 0 Å². The summed E-state index contributed by atoms with van der Waals surface area (Å²) in [5.41, 5.74) is 0.450. The molecular formula is C24H28N4O6S2. The molecule has 1 aromatic heterocycles. The van der Waals surface area contributed by atoms with E-state index < -0.39 is 24.0 Å². The highest BCUT2D eigenvalue weighted by Gasteiger charge is 2.35. The molecule has 1 amide bonds. The second kappa shape index (κ2) is 11.7. The van der Waals surface area contributed by atoms with Crippen molar-refractivity contribution in [2.24, 2.45) is 5.92 Å². The van der Waals surface area contributed by atoms with Crippen LogP contribution in [-0.4, -0.2) is 63.0 Å². The monoisotopic (exact) mass is 532 g/mol. The van der Waals surface area contributed by atoms with E-state index in [1.807, 2.05) is 17.9 Å². The fourth-order valence-corrected chi connectivity index (χ4v) is 5.68. The molecule has 36 heavy (non-hydrogen) atoms. The second-order valence-electron chi connectivity index (χ2n) is 8.50. The van der Waals surface area contributed by atoms with Crippen LogP contribution < -0.4 is 10.5 Å². The number of aliphatic carboxylic acids is 1. The molecule has 1 unspecified atom stereocenters. The lowest BCUT2D eigenvalue weighted by Crippen LogP contribution is -2.43. The highest BCUT2D eigenvalue weighted by molar-refractivity contribution is 8.26.